The summed E-state index contributed by atoms with van der Waals surface area (Å²) in [6, 6.07) is 70.9. The minimum atomic E-state index is 0.641. The Morgan fingerprint density at radius 3 is 1.77 bits per heavy atom. The first-order valence-corrected chi connectivity index (χ1v) is 19.0. The quantitative estimate of drug-likeness (QED) is 0.186. The highest BCUT2D eigenvalue weighted by atomic mass is 15.2. The standard InChI is InChI=1S/C52H34N4/c1-3-15-34(16-4-1)35-27-29-36(30-28-35)51-43-23-11-13-25-47(43)54-52(55-51)56-48-26-14-12-24-44(48)50-42-22-10-9-21-41(42)46(33-49(50)56)45-32-39(53-38-18-5-2-6-19-38)31-37-17-7-8-20-40(37)45/h1-33,53H. The molecule has 0 aliphatic carbocycles. The zero-order valence-corrected chi connectivity index (χ0v) is 30.4. The van der Waals surface area contributed by atoms with E-state index >= 15 is 0 Å². The van der Waals surface area contributed by atoms with Gasteiger partial charge in [-0.25, -0.2) is 9.97 Å². The highest BCUT2D eigenvalue weighted by Crippen LogP contribution is 2.44. The Morgan fingerprint density at radius 1 is 0.375 bits per heavy atom. The van der Waals surface area contributed by atoms with Gasteiger partial charge in [-0.05, 0) is 86.3 Å². The van der Waals surface area contributed by atoms with E-state index < -0.39 is 0 Å². The van der Waals surface area contributed by atoms with E-state index in [9.17, 15) is 0 Å². The van der Waals surface area contributed by atoms with E-state index in [-0.39, 0.29) is 0 Å². The third kappa shape index (κ3) is 5.31. The molecule has 2 aromatic heterocycles. The first kappa shape index (κ1) is 31.9. The summed E-state index contributed by atoms with van der Waals surface area (Å²) in [4.78, 5) is 10.8. The number of fused-ring (bicyclic) bond motifs is 7. The summed E-state index contributed by atoms with van der Waals surface area (Å²) in [7, 11) is 0. The third-order valence-electron chi connectivity index (χ3n) is 11.0. The van der Waals surface area contributed by atoms with Crippen molar-refractivity contribution in [3.63, 3.8) is 0 Å². The number of benzene rings is 9. The molecule has 0 bridgehead atoms. The molecule has 0 fully saturated rings. The van der Waals surface area contributed by atoms with Crippen LogP contribution >= 0.6 is 0 Å². The Labute approximate surface area is 324 Å². The van der Waals surface area contributed by atoms with Crippen LogP contribution in [0.25, 0.3) is 93.7 Å². The van der Waals surface area contributed by atoms with E-state index in [2.05, 4.69) is 204 Å². The molecule has 0 aliphatic rings. The Morgan fingerprint density at radius 2 is 0.964 bits per heavy atom. The molecule has 0 atom stereocenters. The first-order valence-electron chi connectivity index (χ1n) is 19.0. The highest BCUT2D eigenvalue weighted by Gasteiger charge is 2.21. The Hall–Kier alpha value is -7.56. The van der Waals surface area contributed by atoms with Crippen LogP contribution in [0, 0.1) is 0 Å². The van der Waals surface area contributed by atoms with Gasteiger partial charge in [0.2, 0.25) is 5.95 Å². The molecule has 0 saturated carbocycles. The maximum atomic E-state index is 5.45. The summed E-state index contributed by atoms with van der Waals surface area (Å²) < 4.78 is 2.27. The lowest BCUT2D eigenvalue weighted by molar-refractivity contribution is 1.01. The van der Waals surface area contributed by atoms with Crippen molar-refractivity contribution < 1.29 is 0 Å². The maximum Gasteiger partial charge on any atom is 0.235 e. The van der Waals surface area contributed by atoms with E-state index in [1.807, 2.05) is 6.07 Å². The van der Waals surface area contributed by atoms with E-state index in [1.54, 1.807) is 0 Å². The SMILES string of the molecule is c1ccc(Nc2cc(-c3cc4c(c5ccccc35)c3ccccc3n4-c3nc(-c4ccc(-c5ccccc5)cc4)c4ccccc4n3)c3ccccc3c2)cc1. The molecular weight excluding hydrogens is 681 g/mol. The van der Waals surface area contributed by atoms with Crippen LogP contribution in [0.4, 0.5) is 11.4 Å². The first-order chi connectivity index (χ1) is 27.8. The molecule has 0 saturated heterocycles. The minimum absolute atomic E-state index is 0.641. The summed E-state index contributed by atoms with van der Waals surface area (Å²) >= 11 is 0. The van der Waals surface area contributed by atoms with Gasteiger partial charge in [0.1, 0.15) is 0 Å². The van der Waals surface area contributed by atoms with Crippen LogP contribution in [0.2, 0.25) is 0 Å². The Balaban J connectivity index is 1.18. The van der Waals surface area contributed by atoms with Gasteiger partial charge in [0.15, 0.2) is 0 Å². The fraction of sp³-hybridized carbons (Fsp3) is 0. The summed E-state index contributed by atoms with van der Waals surface area (Å²) in [5, 5.41) is 11.8. The average Bonchev–Trinajstić information content (AvgIpc) is 3.60. The van der Waals surface area contributed by atoms with E-state index in [0.717, 1.165) is 55.7 Å². The Bertz CT molecular complexity index is 3260. The fourth-order valence-corrected chi connectivity index (χ4v) is 8.40. The number of nitrogens with one attached hydrogen (secondary N) is 1. The lowest BCUT2D eigenvalue weighted by Gasteiger charge is -2.16. The van der Waals surface area contributed by atoms with Crippen LogP contribution in [0.3, 0.4) is 0 Å². The smallest absolute Gasteiger partial charge is 0.235 e. The molecule has 0 aliphatic heterocycles. The molecule has 11 aromatic rings. The van der Waals surface area contributed by atoms with Gasteiger partial charge in [-0.3, -0.25) is 4.57 Å². The van der Waals surface area contributed by atoms with Gasteiger partial charge < -0.3 is 5.32 Å². The van der Waals surface area contributed by atoms with Crippen LogP contribution in [0.1, 0.15) is 0 Å². The van der Waals surface area contributed by atoms with Crippen molar-refractivity contribution in [3.8, 4) is 39.5 Å². The largest absolute Gasteiger partial charge is 0.355 e. The number of rotatable bonds is 6. The van der Waals surface area contributed by atoms with Gasteiger partial charge in [0.25, 0.3) is 0 Å². The van der Waals surface area contributed by atoms with Gasteiger partial charge in [0, 0.05) is 33.1 Å². The summed E-state index contributed by atoms with van der Waals surface area (Å²) in [5.41, 5.74) is 11.7. The van der Waals surface area contributed by atoms with Crippen molar-refractivity contribution in [2.75, 3.05) is 5.32 Å². The predicted molar refractivity (Wildman–Crippen MR) is 235 cm³/mol. The van der Waals surface area contributed by atoms with Crippen LogP contribution in [0.5, 0.6) is 0 Å². The number of hydrogen-bond donors (Lipinski definition) is 1. The van der Waals surface area contributed by atoms with Crippen LogP contribution in [-0.4, -0.2) is 14.5 Å². The third-order valence-corrected chi connectivity index (χ3v) is 11.0. The predicted octanol–water partition coefficient (Wildman–Crippen LogP) is 13.8. The van der Waals surface area contributed by atoms with Crippen molar-refractivity contribution in [1.29, 1.82) is 0 Å². The van der Waals surface area contributed by atoms with Crippen molar-refractivity contribution in [2.45, 2.75) is 0 Å². The highest BCUT2D eigenvalue weighted by molar-refractivity contribution is 6.25. The molecule has 0 unspecified atom stereocenters. The molecule has 1 N–H and O–H groups in total. The second-order valence-corrected chi connectivity index (χ2v) is 14.3. The van der Waals surface area contributed by atoms with Crippen LogP contribution in [-0.2, 0) is 0 Å². The summed E-state index contributed by atoms with van der Waals surface area (Å²) in [6.45, 7) is 0. The second-order valence-electron chi connectivity index (χ2n) is 14.3. The van der Waals surface area contributed by atoms with Gasteiger partial charge in [0.05, 0.1) is 22.2 Å². The van der Waals surface area contributed by atoms with Crippen molar-refractivity contribution in [1.82, 2.24) is 14.5 Å². The topological polar surface area (TPSA) is 42.7 Å². The Kier molecular flexibility index (Phi) is 7.46. The molecule has 11 rings (SSSR count). The second kappa shape index (κ2) is 13.1. The molecule has 0 spiro atoms. The maximum absolute atomic E-state index is 5.45. The molecule has 4 heteroatoms. The molecule has 262 valence electrons. The zero-order valence-electron chi connectivity index (χ0n) is 30.4. The van der Waals surface area contributed by atoms with Gasteiger partial charge in [-0.2, -0.15) is 0 Å². The van der Waals surface area contributed by atoms with E-state index in [1.165, 1.54) is 43.4 Å². The number of nitrogens with zero attached hydrogens (tertiary/aromatic N) is 3. The monoisotopic (exact) mass is 714 g/mol. The van der Waals surface area contributed by atoms with Gasteiger partial charge >= 0.3 is 0 Å². The molecule has 4 nitrogen and oxygen atoms in total. The molecule has 0 radical (unpaired) electrons. The minimum Gasteiger partial charge on any atom is -0.355 e. The molecule has 9 aromatic carbocycles. The zero-order chi connectivity index (χ0) is 37.0. The van der Waals surface area contributed by atoms with Crippen LogP contribution < -0.4 is 5.32 Å². The van der Waals surface area contributed by atoms with Crippen molar-refractivity contribution >= 4 is 65.6 Å². The fourth-order valence-electron chi connectivity index (χ4n) is 8.40. The van der Waals surface area contributed by atoms with E-state index in [4.69, 9.17) is 9.97 Å². The number of aromatic nitrogens is 3. The molecule has 2 heterocycles. The van der Waals surface area contributed by atoms with E-state index in [0.29, 0.717) is 5.95 Å². The molecule has 0 amide bonds. The molecule has 56 heavy (non-hydrogen) atoms. The number of anilines is 2. The number of hydrogen-bond acceptors (Lipinski definition) is 3. The normalized spacial score (nSPS) is 11.6. The summed E-state index contributed by atoms with van der Waals surface area (Å²) in [6.07, 6.45) is 0. The van der Waals surface area contributed by atoms with Gasteiger partial charge in [-0.15, -0.1) is 0 Å². The lowest BCUT2D eigenvalue weighted by atomic mass is 9.91. The van der Waals surface area contributed by atoms with Gasteiger partial charge in [-0.1, -0.05) is 158 Å². The molecular formula is C52H34N4. The average molecular weight is 715 g/mol. The van der Waals surface area contributed by atoms with Crippen molar-refractivity contribution in [3.05, 3.63) is 200 Å². The lowest BCUT2D eigenvalue weighted by Crippen LogP contribution is -2.03. The van der Waals surface area contributed by atoms with Crippen molar-refractivity contribution in [2.24, 2.45) is 0 Å². The van der Waals surface area contributed by atoms with Crippen LogP contribution in [0.15, 0.2) is 200 Å². The number of para-hydroxylation sites is 3. The summed E-state index contributed by atoms with van der Waals surface area (Å²) in [5.74, 6) is 0.641.